The second-order valence-corrected chi connectivity index (χ2v) is 8.97. The Bertz CT molecular complexity index is 1110. The zero-order chi connectivity index (χ0) is 24.3. The average Bonchev–Trinajstić information content (AvgIpc) is 3.16. The van der Waals surface area contributed by atoms with Crippen LogP contribution in [0.3, 0.4) is 0 Å². The molecule has 0 bridgehead atoms. The largest absolute Gasteiger partial charge is 0.497 e. The van der Waals surface area contributed by atoms with Crippen molar-refractivity contribution in [2.75, 3.05) is 38.2 Å². The van der Waals surface area contributed by atoms with E-state index in [4.69, 9.17) is 14.6 Å². The summed E-state index contributed by atoms with van der Waals surface area (Å²) in [4.78, 5) is 27.7. The third-order valence-electron chi connectivity index (χ3n) is 6.55. The van der Waals surface area contributed by atoms with Gasteiger partial charge in [-0.2, -0.15) is 0 Å². The molecule has 2 aliphatic heterocycles. The van der Waals surface area contributed by atoms with Gasteiger partial charge in [-0.15, -0.1) is 0 Å². The third kappa shape index (κ3) is 4.99. The van der Waals surface area contributed by atoms with Crippen LogP contribution in [0.15, 0.2) is 60.7 Å². The van der Waals surface area contributed by atoms with Gasteiger partial charge in [0.15, 0.2) is 0 Å². The Hall–Kier alpha value is -3.58. The SMILES string of the molecule is C=C(OC)c1ccccc1/C=C(\C)CN1CCC2(CC1)CN(c1ccc(C(=O)O)cc1)C(=O)O2. The van der Waals surface area contributed by atoms with Gasteiger partial charge in [-0.1, -0.05) is 42.5 Å². The van der Waals surface area contributed by atoms with E-state index < -0.39 is 11.6 Å². The summed E-state index contributed by atoms with van der Waals surface area (Å²) in [5.74, 6) is -0.347. The van der Waals surface area contributed by atoms with E-state index in [-0.39, 0.29) is 11.7 Å². The van der Waals surface area contributed by atoms with Crippen LogP contribution in [0.4, 0.5) is 10.5 Å². The highest BCUT2D eigenvalue weighted by molar-refractivity contribution is 5.92. The second-order valence-electron chi connectivity index (χ2n) is 8.97. The highest BCUT2D eigenvalue weighted by Gasteiger charge is 2.47. The third-order valence-corrected chi connectivity index (χ3v) is 6.55. The first kappa shape index (κ1) is 23.6. The van der Waals surface area contributed by atoms with Gasteiger partial charge in [0.25, 0.3) is 0 Å². The summed E-state index contributed by atoms with van der Waals surface area (Å²) < 4.78 is 11.2. The molecule has 7 heteroatoms. The smallest absolute Gasteiger partial charge is 0.415 e. The number of carbonyl (C=O) groups excluding carboxylic acids is 1. The predicted octanol–water partition coefficient (Wildman–Crippen LogP) is 4.90. The van der Waals surface area contributed by atoms with Crippen molar-refractivity contribution in [3.05, 3.63) is 77.4 Å². The molecule has 0 radical (unpaired) electrons. The summed E-state index contributed by atoms with van der Waals surface area (Å²) >= 11 is 0. The first-order valence-corrected chi connectivity index (χ1v) is 11.4. The Labute approximate surface area is 199 Å². The first-order valence-electron chi connectivity index (χ1n) is 11.4. The molecule has 2 aromatic rings. The van der Waals surface area contributed by atoms with Crippen molar-refractivity contribution >= 4 is 29.6 Å². The number of carboxylic acids is 1. The zero-order valence-electron chi connectivity index (χ0n) is 19.6. The van der Waals surface area contributed by atoms with Gasteiger partial charge in [0, 0.05) is 43.7 Å². The van der Waals surface area contributed by atoms with Crippen LogP contribution < -0.4 is 4.90 Å². The molecule has 2 aliphatic rings. The van der Waals surface area contributed by atoms with Gasteiger partial charge in [0.2, 0.25) is 0 Å². The second kappa shape index (κ2) is 9.73. The maximum atomic E-state index is 12.6. The number of carbonyl (C=O) groups is 2. The number of methoxy groups -OCH3 is 1. The molecule has 0 saturated carbocycles. The van der Waals surface area contributed by atoms with E-state index in [1.165, 1.54) is 17.7 Å². The van der Waals surface area contributed by atoms with Gasteiger partial charge in [0.05, 0.1) is 19.2 Å². The van der Waals surface area contributed by atoms with Crippen LogP contribution in [0, 0.1) is 0 Å². The minimum Gasteiger partial charge on any atom is -0.497 e. The molecule has 2 aromatic carbocycles. The minimum absolute atomic E-state index is 0.192. The van der Waals surface area contributed by atoms with Gasteiger partial charge in [-0.25, -0.2) is 9.59 Å². The van der Waals surface area contributed by atoms with Crippen molar-refractivity contribution in [3.8, 4) is 0 Å². The van der Waals surface area contributed by atoms with Crippen LogP contribution in [0.1, 0.15) is 41.3 Å². The number of anilines is 1. The lowest BCUT2D eigenvalue weighted by Gasteiger charge is -2.37. The van der Waals surface area contributed by atoms with Gasteiger partial charge < -0.3 is 14.6 Å². The standard InChI is InChI=1S/C27H30N2O5/c1-19(16-22-6-4-5-7-24(22)20(2)33-3)17-28-14-12-27(13-15-28)18-29(26(32)34-27)23-10-8-21(9-11-23)25(30)31/h4-11,16H,2,12-15,17-18H2,1,3H3,(H,30,31)/b19-16+. The number of aromatic carboxylic acids is 1. The normalized spacial score (nSPS) is 18.1. The fourth-order valence-corrected chi connectivity index (χ4v) is 4.64. The summed E-state index contributed by atoms with van der Waals surface area (Å²) in [5.41, 5.74) is 3.64. The molecule has 0 atom stereocenters. The summed E-state index contributed by atoms with van der Waals surface area (Å²) in [7, 11) is 1.63. The predicted molar refractivity (Wildman–Crippen MR) is 132 cm³/mol. The number of hydrogen-bond donors (Lipinski definition) is 1. The lowest BCUT2D eigenvalue weighted by Crippen LogP contribution is -2.47. The van der Waals surface area contributed by atoms with Crippen molar-refractivity contribution in [3.63, 3.8) is 0 Å². The van der Waals surface area contributed by atoms with E-state index in [0.29, 0.717) is 18.0 Å². The molecule has 2 fully saturated rings. The maximum absolute atomic E-state index is 12.6. The summed E-state index contributed by atoms with van der Waals surface area (Å²) in [5, 5.41) is 9.09. The lowest BCUT2D eigenvalue weighted by molar-refractivity contribution is 0.00308. The molecule has 0 aromatic heterocycles. The molecular weight excluding hydrogens is 432 g/mol. The number of carboxylic acid groups (broad SMARTS) is 1. The van der Waals surface area contributed by atoms with Gasteiger partial charge in [-0.05, 0) is 36.8 Å². The molecule has 0 unspecified atom stereocenters. The topological polar surface area (TPSA) is 79.3 Å². The van der Waals surface area contributed by atoms with E-state index in [0.717, 1.165) is 43.6 Å². The van der Waals surface area contributed by atoms with E-state index in [2.05, 4.69) is 30.5 Å². The average molecular weight is 463 g/mol. The van der Waals surface area contributed by atoms with E-state index in [9.17, 15) is 9.59 Å². The lowest BCUT2D eigenvalue weighted by atomic mass is 9.91. The van der Waals surface area contributed by atoms with Gasteiger partial charge in [0.1, 0.15) is 11.4 Å². The van der Waals surface area contributed by atoms with Crippen LogP contribution in [0.25, 0.3) is 11.8 Å². The monoisotopic (exact) mass is 462 g/mol. The zero-order valence-corrected chi connectivity index (χ0v) is 19.6. The number of benzene rings is 2. The quantitative estimate of drug-likeness (QED) is 0.590. The number of ether oxygens (including phenoxy) is 2. The van der Waals surface area contributed by atoms with Crippen LogP contribution >= 0.6 is 0 Å². The molecule has 2 heterocycles. The molecule has 178 valence electrons. The number of piperidine rings is 1. The molecule has 1 amide bonds. The van der Waals surface area contributed by atoms with E-state index in [1.54, 1.807) is 24.1 Å². The fourth-order valence-electron chi connectivity index (χ4n) is 4.64. The maximum Gasteiger partial charge on any atom is 0.415 e. The molecule has 4 rings (SSSR count). The first-order chi connectivity index (χ1) is 16.3. The Balaban J connectivity index is 1.37. The van der Waals surface area contributed by atoms with E-state index >= 15 is 0 Å². The molecular formula is C27H30N2O5. The molecule has 7 nitrogen and oxygen atoms in total. The Kier molecular flexibility index (Phi) is 6.75. The Morgan fingerprint density at radius 3 is 2.50 bits per heavy atom. The van der Waals surface area contributed by atoms with Crippen molar-refractivity contribution in [2.24, 2.45) is 0 Å². The van der Waals surface area contributed by atoms with Crippen molar-refractivity contribution in [1.29, 1.82) is 0 Å². The molecule has 34 heavy (non-hydrogen) atoms. The molecule has 1 spiro atoms. The van der Waals surface area contributed by atoms with Gasteiger partial charge in [-0.3, -0.25) is 9.80 Å². The van der Waals surface area contributed by atoms with Gasteiger partial charge >= 0.3 is 12.1 Å². The van der Waals surface area contributed by atoms with Crippen LogP contribution in [0.2, 0.25) is 0 Å². The van der Waals surface area contributed by atoms with Crippen LogP contribution in [-0.4, -0.2) is 61.0 Å². The number of likely N-dealkylation sites (tertiary alicyclic amines) is 1. The Morgan fingerprint density at radius 2 is 1.85 bits per heavy atom. The fraction of sp³-hybridized carbons (Fsp3) is 0.333. The highest BCUT2D eigenvalue weighted by atomic mass is 16.6. The highest BCUT2D eigenvalue weighted by Crippen LogP contribution is 2.36. The summed E-state index contributed by atoms with van der Waals surface area (Å²) in [6, 6.07) is 14.4. The minimum atomic E-state index is -0.990. The number of nitrogens with zero attached hydrogens (tertiary/aromatic N) is 2. The van der Waals surface area contributed by atoms with E-state index in [1.807, 2.05) is 18.2 Å². The molecule has 0 aliphatic carbocycles. The van der Waals surface area contributed by atoms with Crippen molar-refractivity contribution in [1.82, 2.24) is 4.90 Å². The number of rotatable bonds is 7. The van der Waals surface area contributed by atoms with Crippen LogP contribution in [-0.2, 0) is 9.47 Å². The number of amides is 1. The summed E-state index contributed by atoms with van der Waals surface area (Å²) in [6.07, 6.45) is 3.31. The number of hydrogen-bond acceptors (Lipinski definition) is 5. The van der Waals surface area contributed by atoms with Crippen molar-refractivity contribution < 1.29 is 24.2 Å². The Morgan fingerprint density at radius 1 is 1.18 bits per heavy atom. The molecule has 2 saturated heterocycles. The summed E-state index contributed by atoms with van der Waals surface area (Å²) in [6.45, 7) is 9.07. The molecule has 1 N–H and O–H groups in total. The van der Waals surface area contributed by atoms with Crippen LogP contribution in [0.5, 0.6) is 0 Å². The van der Waals surface area contributed by atoms with Crippen molar-refractivity contribution in [2.45, 2.75) is 25.4 Å².